The van der Waals surface area contributed by atoms with Gasteiger partial charge in [0.25, 0.3) is 0 Å². The summed E-state index contributed by atoms with van der Waals surface area (Å²) in [6.07, 6.45) is 1.61. The highest BCUT2D eigenvalue weighted by atomic mass is 19.1. The Morgan fingerprint density at radius 3 is 2.42 bits per heavy atom. The molecule has 5 rings (SSSR count). The van der Waals surface area contributed by atoms with Crippen molar-refractivity contribution in [3.05, 3.63) is 100 Å². The fourth-order valence-electron chi connectivity index (χ4n) is 4.86. The van der Waals surface area contributed by atoms with Crippen LogP contribution in [-0.4, -0.2) is 18.5 Å². The molecule has 33 heavy (non-hydrogen) atoms. The number of alkyl carbamates (subject to hydrolysis) is 1. The maximum absolute atomic E-state index is 14.0. The zero-order valence-corrected chi connectivity index (χ0v) is 18.2. The van der Waals surface area contributed by atoms with Crippen molar-refractivity contribution in [2.24, 2.45) is 0 Å². The SMILES string of the molecule is Cc1c(F)cc(N)c2c1CC/C(=C\NC(=O)OCC1c3ccccc3-c3ccccc31)C2=O. The molecule has 2 aliphatic rings. The van der Waals surface area contributed by atoms with Crippen molar-refractivity contribution < 1.29 is 18.7 Å². The van der Waals surface area contributed by atoms with Gasteiger partial charge in [-0.3, -0.25) is 10.1 Å². The van der Waals surface area contributed by atoms with Gasteiger partial charge in [0.2, 0.25) is 0 Å². The summed E-state index contributed by atoms with van der Waals surface area (Å²) in [7, 11) is 0. The molecule has 6 heteroatoms. The maximum atomic E-state index is 14.0. The normalized spacial score (nSPS) is 15.7. The molecule has 5 nitrogen and oxygen atoms in total. The predicted octanol–water partition coefficient (Wildman–Crippen LogP) is 5.27. The molecule has 0 radical (unpaired) electrons. The second kappa shape index (κ2) is 8.20. The number of carbonyl (C=O) groups excluding carboxylic acids is 2. The van der Waals surface area contributed by atoms with Gasteiger partial charge in [-0.1, -0.05) is 48.5 Å². The molecule has 0 heterocycles. The molecule has 166 valence electrons. The maximum Gasteiger partial charge on any atom is 0.411 e. The summed E-state index contributed by atoms with van der Waals surface area (Å²) in [4.78, 5) is 25.3. The van der Waals surface area contributed by atoms with Crippen molar-refractivity contribution >= 4 is 17.6 Å². The van der Waals surface area contributed by atoms with Crippen LogP contribution in [0.15, 0.2) is 66.4 Å². The zero-order chi connectivity index (χ0) is 23.1. The van der Waals surface area contributed by atoms with E-state index in [-0.39, 0.29) is 24.0 Å². The van der Waals surface area contributed by atoms with Crippen molar-refractivity contribution in [2.75, 3.05) is 12.3 Å². The van der Waals surface area contributed by atoms with Crippen LogP contribution in [0, 0.1) is 12.7 Å². The minimum atomic E-state index is -0.633. The van der Waals surface area contributed by atoms with Crippen LogP contribution in [-0.2, 0) is 11.2 Å². The first kappa shape index (κ1) is 20.9. The van der Waals surface area contributed by atoms with Crippen molar-refractivity contribution in [2.45, 2.75) is 25.7 Å². The third-order valence-electron chi connectivity index (χ3n) is 6.55. The number of rotatable bonds is 3. The lowest BCUT2D eigenvalue weighted by Crippen LogP contribution is -2.25. The van der Waals surface area contributed by atoms with Crippen LogP contribution in [0.2, 0.25) is 0 Å². The number of nitrogens with one attached hydrogen (secondary N) is 1. The van der Waals surface area contributed by atoms with E-state index in [9.17, 15) is 14.0 Å². The smallest absolute Gasteiger partial charge is 0.411 e. The summed E-state index contributed by atoms with van der Waals surface area (Å²) < 4.78 is 19.5. The van der Waals surface area contributed by atoms with E-state index >= 15 is 0 Å². The summed E-state index contributed by atoms with van der Waals surface area (Å²) in [5.41, 5.74) is 12.4. The fourth-order valence-corrected chi connectivity index (χ4v) is 4.86. The molecular weight excluding hydrogens is 419 g/mol. The number of hydrogen-bond acceptors (Lipinski definition) is 4. The van der Waals surface area contributed by atoms with Gasteiger partial charge < -0.3 is 10.5 Å². The lowest BCUT2D eigenvalue weighted by molar-refractivity contribution is 0.102. The molecule has 0 aliphatic heterocycles. The number of ketones is 1. The van der Waals surface area contributed by atoms with Crippen molar-refractivity contribution in [1.29, 1.82) is 0 Å². The number of nitrogen functional groups attached to an aromatic ring is 1. The molecule has 0 unspecified atom stereocenters. The van der Waals surface area contributed by atoms with Crippen LogP contribution in [0.4, 0.5) is 14.9 Å². The van der Waals surface area contributed by atoms with Crippen LogP contribution < -0.4 is 11.1 Å². The summed E-state index contributed by atoms with van der Waals surface area (Å²) in [5, 5.41) is 2.57. The topological polar surface area (TPSA) is 81.4 Å². The third-order valence-corrected chi connectivity index (χ3v) is 6.55. The minimum Gasteiger partial charge on any atom is -0.448 e. The second-order valence-corrected chi connectivity index (χ2v) is 8.39. The Hall–Kier alpha value is -3.93. The lowest BCUT2D eigenvalue weighted by atomic mass is 9.83. The van der Waals surface area contributed by atoms with Gasteiger partial charge in [-0.15, -0.1) is 0 Å². The predicted molar refractivity (Wildman–Crippen MR) is 124 cm³/mol. The molecule has 0 atom stereocenters. The number of fused-ring (bicyclic) bond motifs is 4. The summed E-state index contributed by atoms with van der Waals surface area (Å²) in [6.45, 7) is 1.83. The highest BCUT2D eigenvalue weighted by molar-refractivity contribution is 6.14. The molecule has 2 aliphatic carbocycles. The molecular formula is C27H23FN2O3. The van der Waals surface area contributed by atoms with Crippen LogP contribution in [0.1, 0.15) is 45.0 Å². The monoisotopic (exact) mass is 442 g/mol. The Morgan fingerprint density at radius 2 is 1.76 bits per heavy atom. The molecule has 3 aromatic rings. The molecule has 0 saturated heterocycles. The van der Waals surface area contributed by atoms with E-state index in [0.717, 1.165) is 22.3 Å². The number of nitrogens with two attached hydrogens (primary N) is 1. The number of hydrogen-bond donors (Lipinski definition) is 2. The van der Waals surface area contributed by atoms with E-state index in [1.165, 1.54) is 12.3 Å². The van der Waals surface area contributed by atoms with Crippen molar-refractivity contribution in [3.63, 3.8) is 0 Å². The average molecular weight is 442 g/mol. The molecule has 3 N–H and O–H groups in total. The van der Waals surface area contributed by atoms with E-state index in [4.69, 9.17) is 10.5 Å². The summed E-state index contributed by atoms with van der Waals surface area (Å²) >= 11 is 0. The van der Waals surface area contributed by atoms with Crippen LogP contribution >= 0.6 is 0 Å². The van der Waals surface area contributed by atoms with Gasteiger partial charge in [0.1, 0.15) is 12.4 Å². The van der Waals surface area contributed by atoms with Crippen molar-refractivity contribution in [3.8, 4) is 11.1 Å². The van der Waals surface area contributed by atoms with Gasteiger partial charge in [0, 0.05) is 28.9 Å². The molecule has 0 spiro atoms. The van der Waals surface area contributed by atoms with Gasteiger partial charge >= 0.3 is 6.09 Å². The Labute approximate surface area is 191 Å². The number of halogens is 1. The zero-order valence-electron chi connectivity index (χ0n) is 18.2. The van der Waals surface area contributed by atoms with Gasteiger partial charge in [0.05, 0.1) is 0 Å². The molecule has 0 aromatic heterocycles. The van der Waals surface area contributed by atoms with Gasteiger partial charge in [-0.05, 0) is 59.2 Å². The van der Waals surface area contributed by atoms with E-state index < -0.39 is 11.9 Å². The molecule has 3 aromatic carbocycles. The fraction of sp³-hybridized carbons (Fsp3) is 0.185. The van der Waals surface area contributed by atoms with Crippen LogP contribution in [0.3, 0.4) is 0 Å². The van der Waals surface area contributed by atoms with E-state index in [1.54, 1.807) is 6.92 Å². The first-order chi connectivity index (χ1) is 16.0. The quantitative estimate of drug-likeness (QED) is 0.428. The second-order valence-electron chi connectivity index (χ2n) is 8.39. The van der Waals surface area contributed by atoms with E-state index in [2.05, 4.69) is 29.6 Å². The number of benzene rings is 3. The van der Waals surface area contributed by atoms with E-state index in [0.29, 0.717) is 35.1 Å². The number of amides is 1. The third kappa shape index (κ3) is 3.57. The molecule has 0 fully saturated rings. The average Bonchev–Trinajstić information content (AvgIpc) is 3.14. The highest BCUT2D eigenvalue weighted by Crippen LogP contribution is 2.44. The van der Waals surface area contributed by atoms with Crippen molar-refractivity contribution in [1.82, 2.24) is 5.32 Å². The molecule has 0 bridgehead atoms. The standard InChI is InChI=1S/C27H23FN2O3/c1-15-17-11-10-16(26(31)25(17)24(29)12-23(15)28)13-30-27(32)33-14-22-20-8-4-2-6-18(20)19-7-3-5-9-21(19)22/h2-9,12-13,22H,10-11,14,29H2,1H3,(H,30,32)/b16-13+. The Kier molecular flexibility index (Phi) is 5.21. The van der Waals surface area contributed by atoms with Gasteiger partial charge in [0.15, 0.2) is 5.78 Å². The highest BCUT2D eigenvalue weighted by Gasteiger charge is 2.30. The minimum absolute atomic E-state index is 0.0448. The lowest BCUT2D eigenvalue weighted by Gasteiger charge is -2.21. The van der Waals surface area contributed by atoms with Crippen LogP contribution in [0.5, 0.6) is 0 Å². The number of anilines is 1. The number of Topliss-reactive ketones (excluding diaryl/α,β-unsaturated/α-hetero) is 1. The van der Waals surface area contributed by atoms with Crippen LogP contribution in [0.25, 0.3) is 11.1 Å². The first-order valence-electron chi connectivity index (χ1n) is 10.9. The number of ether oxygens (including phenoxy) is 1. The molecule has 0 saturated carbocycles. The largest absolute Gasteiger partial charge is 0.448 e. The Balaban J connectivity index is 1.28. The first-order valence-corrected chi connectivity index (χ1v) is 10.9. The summed E-state index contributed by atoms with van der Waals surface area (Å²) in [6, 6.07) is 17.4. The van der Waals surface area contributed by atoms with Gasteiger partial charge in [-0.2, -0.15) is 0 Å². The Bertz CT molecular complexity index is 1280. The van der Waals surface area contributed by atoms with E-state index in [1.807, 2.05) is 24.3 Å². The summed E-state index contributed by atoms with van der Waals surface area (Å²) in [5.74, 6) is -0.754. The molecule has 1 amide bonds. The number of carbonyl (C=O) groups is 2. The Morgan fingerprint density at radius 1 is 1.12 bits per heavy atom. The van der Waals surface area contributed by atoms with Gasteiger partial charge in [-0.25, -0.2) is 9.18 Å². The number of allylic oxidation sites excluding steroid dienone is 1.